The number of fused-ring (bicyclic) bond motifs is 1. The highest BCUT2D eigenvalue weighted by molar-refractivity contribution is 5.81. The van der Waals surface area contributed by atoms with Crippen LogP contribution in [0.5, 0.6) is 5.75 Å². The summed E-state index contributed by atoms with van der Waals surface area (Å²) in [5.74, 6) is 0.536. The van der Waals surface area contributed by atoms with E-state index in [4.69, 9.17) is 9.47 Å². The minimum Gasteiger partial charge on any atom is -0.481 e. The molecular weight excluding hydrogens is 497 g/mol. The van der Waals surface area contributed by atoms with Gasteiger partial charge in [-0.05, 0) is 59.7 Å². The number of benzene rings is 2. The van der Waals surface area contributed by atoms with Gasteiger partial charge in [-0.3, -0.25) is 14.5 Å². The number of carbonyl (C=O) groups is 2. The molecule has 0 unspecified atom stereocenters. The van der Waals surface area contributed by atoms with Gasteiger partial charge < -0.3 is 19.3 Å². The lowest BCUT2D eigenvalue weighted by Crippen LogP contribution is -2.52. The number of ether oxygens (including phenoxy) is 2. The van der Waals surface area contributed by atoms with Crippen molar-refractivity contribution in [2.75, 3.05) is 53.0 Å². The molecule has 0 bridgehead atoms. The highest BCUT2D eigenvalue weighted by Gasteiger charge is 2.33. The first-order chi connectivity index (χ1) is 18.8. The Labute approximate surface area is 231 Å². The summed E-state index contributed by atoms with van der Waals surface area (Å²) in [6.45, 7) is 11.1. The van der Waals surface area contributed by atoms with Crippen LogP contribution in [-0.4, -0.2) is 85.6 Å². The average molecular weight is 540 g/mol. The van der Waals surface area contributed by atoms with Crippen molar-refractivity contribution in [1.29, 1.82) is 0 Å². The van der Waals surface area contributed by atoms with E-state index in [1.165, 1.54) is 12.1 Å². The lowest BCUT2D eigenvalue weighted by atomic mass is 9.87. The van der Waals surface area contributed by atoms with Crippen LogP contribution in [0.4, 0.5) is 4.39 Å². The monoisotopic (exact) mass is 539 g/mol. The second-order valence-corrected chi connectivity index (χ2v) is 10.9. The van der Waals surface area contributed by atoms with E-state index in [0.29, 0.717) is 44.8 Å². The van der Waals surface area contributed by atoms with Crippen LogP contribution in [0, 0.1) is 11.7 Å². The first-order valence-corrected chi connectivity index (χ1v) is 14.1. The number of piperazine rings is 1. The molecule has 212 valence electrons. The van der Waals surface area contributed by atoms with Crippen LogP contribution in [0.25, 0.3) is 0 Å². The summed E-state index contributed by atoms with van der Waals surface area (Å²) in [7, 11) is 1.70. The molecule has 0 aromatic heterocycles. The highest BCUT2D eigenvalue weighted by atomic mass is 19.1. The third-order valence-corrected chi connectivity index (χ3v) is 7.63. The molecule has 1 fully saturated rings. The number of hydrogen-bond acceptors (Lipinski definition) is 5. The van der Waals surface area contributed by atoms with Gasteiger partial charge in [-0.1, -0.05) is 39.0 Å². The van der Waals surface area contributed by atoms with Crippen molar-refractivity contribution >= 4 is 11.8 Å². The number of hydrogen-bond donors (Lipinski definition) is 0. The normalized spacial score (nSPS) is 18.7. The number of rotatable bonds is 10. The number of methoxy groups -OCH3 is 1. The van der Waals surface area contributed by atoms with Crippen LogP contribution in [0.15, 0.2) is 42.5 Å². The summed E-state index contributed by atoms with van der Waals surface area (Å²) >= 11 is 0. The van der Waals surface area contributed by atoms with Crippen molar-refractivity contribution in [3.63, 3.8) is 0 Å². The molecule has 2 aromatic carbocycles. The van der Waals surface area contributed by atoms with E-state index >= 15 is 0 Å². The Morgan fingerprint density at radius 1 is 1.05 bits per heavy atom. The Morgan fingerprint density at radius 2 is 1.82 bits per heavy atom. The number of nitrogens with zero attached hydrogens (tertiary/aromatic N) is 3. The van der Waals surface area contributed by atoms with Crippen molar-refractivity contribution < 1.29 is 23.5 Å². The van der Waals surface area contributed by atoms with Crippen LogP contribution in [0.3, 0.4) is 0 Å². The molecule has 2 aliphatic rings. The summed E-state index contributed by atoms with van der Waals surface area (Å²) in [6, 6.07) is 11.9. The Balaban J connectivity index is 1.55. The van der Waals surface area contributed by atoms with Crippen LogP contribution in [-0.2, 0) is 20.7 Å². The van der Waals surface area contributed by atoms with E-state index < -0.39 is 12.1 Å². The first kappa shape index (κ1) is 29.0. The summed E-state index contributed by atoms with van der Waals surface area (Å²) in [6.07, 6.45) is 1.10. The maximum Gasteiger partial charge on any atom is 0.263 e. The van der Waals surface area contributed by atoms with Crippen molar-refractivity contribution in [3.05, 3.63) is 65.0 Å². The molecule has 4 rings (SSSR count). The van der Waals surface area contributed by atoms with E-state index in [0.717, 1.165) is 42.7 Å². The Hall–Kier alpha value is -2.97. The molecule has 2 aliphatic heterocycles. The fraction of sp³-hybridized carbons (Fsp3) is 0.548. The molecule has 8 heteroatoms. The maximum absolute atomic E-state index is 14.3. The largest absolute Gasteiger partial charge is 0.481 e. The van der Waals surface area contributed by atoms with E-state index in [9.17, 15) is 14.0 Å². The van der Waals surface area contributed by atoms with Gasteiger partial charge in [0, 0.05) is 52.8 Å². The molecule has 2 aromatic rings. The van der Waals surface area contributed by atoms with E-state index in [1.54, 1.807) is 13.2 Å². The third-order valence-electron chi connectivity index (χ3n) is 7.63. The molecular formula is C31H42FN3O4. The Kier molecular flexibility index (Phi) is 9.97. The van der Waals surface area contributed by atoms with Gasteiger partial charge >= 0.3 is 0 Å². The molecule has 2 amide bonds. The standard InChI is InChI=1S/C31H42FN3O4/c1-5-28(31(37)34-15-13-33(14-16-34)17-18-38-4)39-26-10-9-23-11-12-35(29(36)19-22(2)3)30(27(23)21-26)24-7-6-8-25(32)20-24/h6-10,20-22,28,30H,5,11-19H2,1-4H3/t28-,30+/m0/s1. The van der Waals surface area contributed by atoms with Gasteiger partial charge in [-0.25, -0.2) is 4.39 Å². The minimum atomic E-state index is -0.594. The molecule has 0 spiro atoms. The van der Waals surface area contributed by atoms with Crippen LogP contribution < -0.4 is 4.74 Å². The predicted octanol–water partition coefficient (Wildman–Crippen LogP) is 4.29. The minimum absolute atomic E-state index is 0.00275. The summed E-state index contributed by atoms with van der Waals surface area (Å²) in [5, 5.41) is 0. The second-order valence-electron chi connectivity index (χ2n) is 10.9. The number of carbonyl (C=O) groups excluding carboxylic acids is 2. The van der Waals surface area contributed by atoms with E-state index in [-0.39, 0.29) is 23.5 Å². The Bertz CT molecular complexity index is 1130. The van der Waals surface area contributed by atoms with Gasteiger partial charge in [0.1, 0.15) is 11.6 Å². The second kappa shape index (κ2) is 13.4. The van der Waals surface area contributed by atoms with Gasteiger partial charge in [0.05, 0.1) is 12.6 Å². The number of halogens is 1. The molecule has 2 atom stereocenters. The number of amides is 2. The van der Waals surface area contributed by atoms with Crippen LogP contribution in [0.1, 0.15) is 56.3 Å². The highest BCUT2D eigenvalue weighted by Crippen LogP contribution is 2.38. The van der Waals surface area contributed by atoms with E-state index in [2.05, 4.69) is 4.90 Å². The molecule has 0 aliphatic carbocycles. The molecule has 1 saturated heterocycles. The van der Waals surface area contributed by atoms with Crippen molar-refractivity contribution in [2.24, 2.45) is 5.92 Å². The fourth-order valence-corrected chi connectivity index (χ4v) is 5.53. The molecule has 39 heavy (non-hydrogen) atoms. The van der Waals surface area contributed by atoms with Gasteiger partial charge in [0.2, 0.25) is 5.91 Å². The van der Waals surface area contributed by atoms with Gasteiger partial charge in [-0.2, -0.15) is 0 Å². The zero-order valence-electron chi connectivity index (χ0n) is 23.7. The summed E-state index contributed by atoms with van der Waals surface area (Å²) in [4.78, 5) is 32.7. The quantitative estimate of drug-likeness (QED) is 0.451. The van der Waals surface area contributed by atoms with Crippen LogP contribution >= 0.6 is 0 Å². The molecule has 7 nitrogen and oxygen atoms in total. The summed E-state index contributed by atoms with van der Waals surface area (Å²) < 4.78 is 25.8. The van der Waals surface area contributed by atoms with Crippen molar-refractivity contribution in [2.45, 2.75) is 52.2 Å². The molecule has 2 heterocycles. The lowest BCUT2D eigenvalue weighted by Gasteiger charge is -2.38. The van der Waals surface area contributed by atoms with E-state index in [1.807, 2.05) is 54.8 Å². The van der Waals surface area contributed by atoms with Gasteiger partial charge in [-0.15, -0.1) is 0 Å². The average Bonchev–Trinajstić information content (AvgIpc) is 2.93. The third kappa shape index (κ3) is 7.17. The molecule has 0 saturated carbocycles. The first-order valence-electron chi connectivity index (χ1n) is 14.1. The zero-order chi connectivity index (χ0) is 27.9. The summed E-state index contributed by atoms with van der Waals surface area (Å²) in [5.41, 5.74) is 2.77. The smallest absolute Gasteiger partial charge is 0.263 e. The van der Waals surface area contributed by atoms with Crippen molar-refractivity contribution in [3.8, 4) is 5.75 Å². The SMILES string of the molecule is CC[C@H](Oc1ccc2c(c1)[C@@H](c1cccc(F)c1)N(C(=O)CC(C)C)CC2)C(=O)N1CCN(CCOC)CC1. The van der Waals surface area contributed by atoms with Crippen LogP contribution in [0.2, 0.25) is 0 Å². The molecule has 0 N–H and O–H groups in total. The lowest BCUT2D eigenvalue weighted by molar-refractivity contribution is -0.140. The maximum atomic E-state index is 14.3. The predicted molar refractivity (Wildman–Crippen MR) is 149 cm³/mol. The topological polar surface area (TPSA) is 62.3 Å². The molecule has 0 radical (unpaired) electrons. The van der Waals surface area contributed by atoms with Gasteiger partial charge in [0.25, 0.3) is 5.91 Å². The fourth-order valence-electron chi connectivity index (χ4n) is 5.53. The Morgan fingerprint density at radius 3 is 2.49 bits per heavy atom. The van der Waals surface area contributed by atoms with Gasteiger partial charge in [0.15, 0.2) is 6.10 Å². The zero-order valence-corrected chi connectivity index (χ0v) is 23.7. The van der Waals surface area contributed by atoms with Crippen molar-refractivity contribution in [1.82, 2.24) is 14.7 Å².